The van der Waals surface area contributed by atoms with E-state index in [0.29, 0.717) is 6.10 Å². The lowest BCUT2D eigenvalue weighted by molar-refractivity contribution is -0.121. The summed E-state index contributed by atoms with van der Waals surface area (Å²) in [4.78, 5) is 12.2. The van der Waals surface area contributed by atoms with E-state index < -0.39 is 0 Å². The predicted octanol–water partition coefficient (Wildman–Crippen LogP) is 3.39. The monoisotopic (exact) mass is 261 g/mol. The maximum Gasteiger partial charge on any atom is 0.227 e. The van der Waals surface area contributed by atoms with Crippen LogP contribution >= 0.6 is 0 Å². The third kappa shape index (κ3) is 3.80. The number of rotatable bonds is 4. The Labute approximate surface area is 115 Å². The highest BCUT2D eigenvalue weighted by molar-refractivity contribution is 5.92. The van der Waals surface area contributed by atoms with E-state index >= 15 is 0 Å². The van der Waals surface area contributed by atoms with Crippen LogP contribution in [0.3, 0.4) is 0 Å². The number of aryl methyl sites for hydroxylation is 1. The van der Waals surface area contributed by atoms with Crippen LogP contribution < -0.4 is 5.32 Å². The van der Waals surface area contributed by atoms with Gasteiger partial charge in [-0.2, -0.15) is 0 Å². The summed E-state index contributed by atoms with van der Waals surface area (Å²) in [7, 11) is 1.75. The number of amides is 1. The summed E-state index contributed by atoms with van der Waals surface area (Å²) in [6, 6.07) is 8.10. The molecule has 0 bridgehead atoms. The smallest absolute Gasteiger partial charge is 0.227 e. The van der Waals surface area contributed by atoms with Gasteiger partial charge in [0.1, 0.15) is 0 Å². The topological polar surface area (TPSA) is 38.3 Å². The molecule has 104 valence electrons. The summed E-state index contributed by atoms with van der Waals surface area (Å²) >= 11 is 0. The lowest BCUT2D eigenvalue weighted by Crippen LogP contribution is -2.29. The first-order chi connectivity index (χ1) is 9.22. The third-order valence-corrected chi connectivity index (χ3v) is 4.01. The molecule has 0 heterocycles. The van der Waals surface area contributed by atoms with Gasteiger partial charge >= 0.3 is 0 Å². The second-order valence-electron chi connectivity index (χ2n) is 5.25. The number of hydrogen-bond acceptors (Lipinski definition) is 2. The fourth-order valence-corrected chi connectivity index (χ4v) is 2.63. The van der Waals surface area contributed by atoms with Gasteiger partial charge in [0, 0.05) is 18.7 Å². The summed E-state index contributed by atoms with van der Waals surface area (Å²) in [6.07, 6.45) is 5.20. The van der Waals surface area contributed by atoms with E-state index in [0.717, 1.165) is 37.8 Å². The highest BCUT2D eigenvalue weighted by atomic mass is 16.5. The summed E-state index contributed by atoms with van der Waals surface area (Å²) in [5.41, 5.74) is 2.19. The van der Waals surface area contributed by atoms with Crippen LogP contribution in [0.5, 0.6) is 0 Å². The first kappa shape index (κ1) is 14.1. The highest BCUT2D eigenvalue weighted by Crippen LogP contribution is 2.27. The quantitative estimate of drug-likeness (QED) is 0.902. The number of anilines is 1. The van der Waals surface area contributed by atoms with Crippen molar-refractivity contribution in [3.05, 3.63) is 29.8 Å². The van der Waals surface area contributed by atoms with E-state index in [1.165, 1.54) is 5.56 Å². The van der Waals surface area contributed by atoms with Crippen molar-refractivity contribution in [3.8, 4) is 0 Å². The van der Waals surface area contributed by atoms with Crippen molar-refractivity contribution < 1.29 is 9.53 Å². The molecule has 0 spiro atoms. The Bertz CT molecular complexity index is 405. The van der Waals surface area contributed by atoms with Gasteiger partial charge in [0.2, 0.25) is 5.91 Å². The molecule has 3 nitrogen and oxygen atoms in total. The van der Waals surface area contributed by atoms with Crippen molar-refractivity contribution in [2.45, 2.75) is 45.1 Å². The Morgan fingerprint density at radius 2 is 1.84 bits per heavy atom. The average Bonchev–Trinajstić information content (AvgIpc) is 2.48. The van der Waals surface area contributed by atoms with Gasteiger partial charge in [-0.3, -0.25) is 4.79 Å². The lowest BCUT2D eigenvalue weighted by Gasteiger charge is -2.26. The molecule has 1 aromatic rings. The van der Waals surface area contributed by atoms with E-state index in [-0.39, 0.29) is 11.8 Å². The van der Waals surface area contributed by atoms with E-state index in [4.69, 9.17) is 4.74 Å². The van der Waals surface area contributed by atoms with Crippen LogP contribution in [0, 0.1) is 5.92 Å². The second-order valence-corrected chi connectivity index (χ2v) is 5.25. The number of carbonyl (C=O) groups excluding carboxylic acids is 1. The minimum atomic E-state index is 0.136. The Hall–Kier alpha value is -1.35. The van der Waals surface area contributed by atoms with Crippen molar-refractivity contribution in [1.29, 1.82) is 0 Å². The zero-order valence-electron chi connectivity index (χ0n) is 11.8. The maximum atomic E-state index is 12.2. The number of methoxy groups -OCH3 is 1. The summed E-state index contributed by atoms with van der Waals surface area (Å²) in [5.74, 6) is 0.288. The molecule has 1 N–H and O–H groups in total. The molecule has 0 radical (unpaired) electrons. The van der Waals surface area contributed by atoms with Gasteiger partial charge in [0.05, 0.1) is 6.10 Å². The zero-order valence-corrected chi connectivity index (χ0v) is 11.8. The highest BCUT2D eigenvalue weighted by Gasteiger charge is 2.26. The standard InChI is InChI=1S/C16H23NO2/c1-3-12-4-8-14(9-5-12)17-16(18)13-6-10-15(19-2)11-7-13/h4-5,8-9,13,15H,3,6-7,10-11H2,1-2H3,(H,17,18). The molecule has 0 aliphatic heterocycles. The van der Waals surface area contributed by atoms with Crippen LogP contribution in [0.25, 0.3) is 0 Å². The van der Waals surface area contributed by atoms with Crippen molar-refractivity contribution in [2.75, 3.05) is 12.4 Å². The van der Waals surface area contributed by atoms with Crippen molar-refractivity contribution in [2.24, 2.45) is 5.92 Å². The van der Waals surface area contributed by atoms with Gasteiger partial charge < -0.3 is 10.1 Å². The van der Waals surface area contributed by atoms with Gasteiger partial charge in [0.15, 0.2) is 0 Å². The average molecular weight is 261 g/mol. The van der Waals surface area contributed by atoms with Crippen LogP contribution in [-0.4, -0.2) is 19.1 Å². The molecule has 1 fully saturated rings. The molecule has 1 amide bonds. The Balaban J connectivity index is 1.86. The molecule has 3 heteroatoms. The van der Waals surface area contributed by atoms with Crippen LogP contribution in [-0.2, 0) is 16.0 Å². The summed E-state index contributed by atoms with van der Waals surface area (Å²) in [5, 5.41) is 3.02. The number of hydrogen-bond donors (Lipinski definition) is 1. The molecule has 0 unspecified atom stereocenters. The molecule has 1 aliphatic rings. The summed E-state index contributed by atoms with van der Waals surface area (Å²) < 4.78 is 5.33. The molecule has 1 saturated carbocycles. The van der Waals surface area contributed by atoms with Gasteiger partial charge in [-0.25, -0.2) is 0 Å². The first-order valence-electron chi connectivity index (χ1n) is 7.15. The minimum Gasteiger partial charge on any atom is -0.381 e. The predicted molar refractivity (Wildman–Crippen MR) is 77.2 cm³/mol. The van der Waals surface area contributed by atoms with Gasteiger partial charge in [-0.05, 0) is 49.8 Å². The number of nitrogens with one attached hydrogen (secondary N) is 1. The number of ether oxygens (including phenoxy) is 1. The van der Waals surface area contributed by atoms with Gasteiger partial charge in [0.25, 0.3) is 0 Å². The van der Waals surface area contributed by atoms with Crippen LogP contribution in [0.15, 0.2) is 24.3 Å². The Morgan fingerprint density at radius 3 is 2.37 bits per heavy atom. The third-order valence-electron chi connectivity index (χ3n) is 4.01. The van der Waals surface area contributed by atoms with Crippen LogP contribution in [0.1, 0.15) is 38.2 Å². The van der Waals surface area contributed by atoms with E-state index in [1.54, 1.807) is 7.11 Å². The molecular weight excluding hydrogens is 238 g/mol. The molecule has 0 saturated heterocycles. The number of benzene rings is 1. The SMILES string of the molecule is CCc1ccc(NC(=O)C2CCC(OC)CC2)cc1. The first-order valence-corrected chi connectivity index (χ1v) is 7.15. The van der Waals surface area contributed by atoms with Crippen LogP contribution in [0.2, 0.25) is 0 Å². The number of carbonyl (C=O) groups is 1. The molecule has 1 aliphatic carbocycles. The van der Waals surface area contributed by atoms with Crippen molar-refractivity contribution in [3.63, 3.8) is 0 Å². The normalized spacial score (nSPS) is 23.1. The lowest BCUT2D eigenvalue weighted by atomic mass is 9.87. The van der Waals surface area contributed by atoms with Crippen LogP contribution in [0.4, 0.5) is 5.69 Å². The van der Waals surface area contributed by atoms with Crippen molar-refractivity contribution in [1.82, 2.24) is 0 Å². The molecule has 1 aromatic carbocycles. The largest absolute Gasteiger partial charge is 0.381 e. The van der Waals surface area contributed by atoms with Gasteiger partial charge in [-0.15, -0.1) is 0 Å². The Morgan fingerprint density at radius 1 is 1.21 bits per heavy atom. The minimum absolute atomic E-state index is 0.136. The molecule has 19 heavy (non-hydrogen) atoms. The molecule has 0 atom stereocenters. The van der Waals surface area contributed by atoms with E-state index in [2.05, 4.69) is 24.4 Å². The maximum absolute atomic E-state index is 12.2. The zero-order chi connectivity index (χ0) is 13.7. The van der Waals surface area contributed by atoms with Crippen molar-refractivity contribution >= 4 is 11.6 Å². The fourth-order valence-electron chi connectivity index (χ4n) is 2.63. The second kappa shape index (κ2) is 6.71. The fraction of sp³-hybridized carbons (Fsp3) is 0.562. The molecule has 0 aromatic heterocycles. The van der Waals surface area contributed by atoms with E-state index in [9.17, 15) is 4.79 Å². The Kier molecular flexibility index (Phi) is 4.97. The molecule has 2 rings (SSSR count). The molecular formula is C16H23NO2. The van der Waals surface area contributed by atoms with E-state index in [1.807, 2.05) is 12.1 Å². The summed E-state index contributed by atoms with van der Waals surface area (Å²) in [6.45, 7) is 2.13. The van der Waals surface area contributed by atoms with Gasteiger partial charge in [-0.1, -0.05) is 19.1 Å².